The highest BCUT2D eigenvalue weighted by molar-refractivity contribution is 6.12. The lowest BCUT2D eigenvalue weighted by Crippen LogP contribution is -2.09. The van der Waals surface area contributed by atoms with Crippen LogP contribution >= 0.6 is 0 Å². The van der Waals surface area contributed by atoms with Gasteiger partial charge in [0.1, 0.15) is 11.4 Å². The Kier molecular flexibility index (Phi) is 3.33. The van der Waals surface area contributed by atoms with Crippen LogP contribution in [-0.2, 0) is 0 Å². The molecule has 2 aromatic rings. The van der Waals surface area contributed by atoms with Crippen LogP contribution in [0.3, 0.4) is 0 Å². The van der Waals surface area contributed by atoms with Crippen molar-refractivity contribution in [3.63, 3.8) is 0 Å². The first-order chi connectivity index (χ1) is 9.04. The third-order valence-electron chi connectivity index (χ3n) is 2.73. The molecule has 0 spiro atoms. The van der Waals surface area contributed by atoms with Crippen molar-refractivity contribution < 1.29 is 19.4 Å². The number of ether oxygens (including phenoxy) is 1. The summed E-state index contributed by atoms with van der Waals surface area (Å²) in [5.74, 6) is -0.993. The normalized spacial score (nSPS) is 10.2. The van der Waals surface area contributed by atoms with Gasteiger partial charge in [0.2, 0.25) is 5.78 Å². The van der Waals surface area contributed by atoms with E-state index in [1.165, 1.54) is 6.33 Å². The van der Waals surface area contributed by atoms with Crippen molar-refractivity contribution >= 4 is 11.8 Å². The summed E-state index contributed by atoms with van der Waals surface area (Å²) < 4.78 is 5.11. The van der Waals surface area contributed by atoms with E-state index in [1.807, 2.05) is 0 Å². The first kappa shape index (κ1) is 12.8. The molecule has 6 heteroatoms. The number of carbonyl (C=O) groups excluding carboxylic acids is 1. The zero-order valence-corrected chi connectivity index (χ0v) is 10.4. The minimum atomic E-state index is -1.22. The van der Waals surface area contributed by atoms with Crippen molar-refractivity contribution in [2.45, 2.75) is 6.92 Å². The number of hydrogen-bond donors (Lipinski definition) is 2. The second-order valence-corrected chi connectivity index (χ2v) is 3.94. The predicted octanol–water partition coefficient (Wildman–Crippen LogP) is 1.66. The van der Waals surface area contributed by atoms with Gasteiger partial charge in [0.05, 0.1) is 13.4 Å². The topological polar surface area (TPSA) is 92.3 Å². The molecule has 1 aromatic carbocycles. The van der Waals surface area contributed by atoms with Crippen LogP contribution in [0.25, 0.3) is 0 Å². The lowest BCUT2D eigenvalue weighted by molar-refractivity contribution is 0.0687. The van der Waals surface area contributed by atoms with Crippen LogP contribution in [0.5, 0.6) is 5.75 Å². The number of ketones is 1. The average molecular weight is 260 g/mol. The number of aromatic amines is 1. The number of H-pyrrole nitrogens is 1. The predicted molar refractivity (Wildman–Crippen MR) is 66.7 cm³/mol. The number of nitrogens with zero attached hydrogens (tertiary/aromatic N) is 1. The number of carboxylic acids is 1. The van der Waals surface area contributed by atoms with Gasteiger partial charge in [-0.25, -0.2) is 9.78 Å². The van der Waals surface area contributed by atoms with Crippen LogP contribution in [0.2, 0.25) is 0 Å². The lowest BCUT2D eigenvalue weighted by atomic mass is 10.0. The molecule has 1 heterocycles. The summed E-state index contributed by atoms with van der Waals surface area (Å²) >= 11 is 0. The van der Waals surface area contributed by atoms with Crippen LogP contribution in [0.4, 0.5) is 0 Å². The number of rotatable bonds is 4. The van der Waals surface area contributed by atoms with Gasteiger partial charge in [-0.3, -0.25) is 4.79 Å². The first-order valence-corrected chi connectivity index (χ1v) is 5.50. The molecule has 98 valence electrons. The second kappa shape index (κ2) is 4.93. The van der Waals surface area contributed by atoms with Crippen molar-refractivity contribution in [3.05, 3.63) is 47.0 Å². The minimum absolute atomic E-state index is 0.0999. The zero-order valence-electron chi connectivity index (χ0n) is 10.4. The Hall–Kier alpha value is -2.63. The Morgan fingerprint density at radius 2 is 2.11 bits per heavy atom. The van der Waals surface area contributed by atoms with Crippen molar-refractivity contribution in [1.29, 1.82) is 0 Å². The third-order valence-corrected chi connectivity index (χ3v) is 2.73. The number of aromatic carboxylic acids is 1. The number of aryl methyl sites for hydroxylation is 1. The molecule has 0 unspecified atom stereocenters. The second-order valence-electron chi connectivity index (χ2n) is 3.94. The number of imidazole rings is 1. The maximum Gasteiger partial charge on any atom is 0.354 e. The van der Waals surface area contributed by atoms with E-state index >= 15 is 0 Å². The van der Waals surface area contributed by atoms with Crippen LogP contribution in [-0.4, -0.2) is 33.9 Å². The van der Waals surface area contributed by atoms with Gasteiger partial charge in [-0.1, -0.05) is 0 Å². The summed E-state index contributed by atoms with van der Waals surface area (Å²) in [5, 5.41) is 8.94. The summed E-state index contributed by atoms with van der Waals surface area (Å²) in [7, 11) is 1.54. The zero-order chi connectivity index (χ0) is 14.0. The Balaban J connectivity index is 2.42. The van der Waals surface area contributed by atoms with E-state index in [0.717, 1.165) is 5.56 Å². The molecule has 0 aliphatic carbocycles. The Morgan fingerprint density at radius 1 is 1.37 bits per heavy atom. The SMILES string of the molecule is COc1ccc(C(=O)c2nc[nH]c2C(=O)O)cc1C. The van der Waals surface area contributed by atoms with E-state index in [0.29, 0.717) is 11.3 Å². The molecule has 1 aromatic heterocycles. The number of methoxy groups -OCH3 is 1. The monoisotopic (exact) mass is 260 g/mol. The number of benzene rings is 1. The lowest BCUT2D eigenvalue weighted by Gasteiger charge is -2.06. The molecule has 0 radical (unpaired) electrons. The van der Waals surface area contributed by atoms with Gasteiger partial charge in [0.15, 0.2) is 5.69 Å². The smallest absolute Gasteiger partial charge is 0.354 e. The summed E-state index contributed by atoms with van der Waals surface area (Å²) in [6, 6.07) is 4.88. The molecule has 0 aliphatic heterocycles. The van der Waals surface area contributed by atoms with E-state index in [2.05, 4.69) is 9.97 Å². The third kappa shape index (κ3) is 2.33. The molecule has 0 aliphatic rings. The average Bonchev–Trinajstić information content (AvgIpc) is 2.87. The number of carbonyl (C=O) groups is 2. The standard InChI is InChI=1S/C13H12N2O4/c1-7-5-8(3-4-9(7)19-2)12(16)10-11(13(17)18)15-6-14-10/h3-6H,1-2H3,(H,14,15)(H,17,18). The van der Waals surface area contributed by atoms with E-state index < -0.39 is 11.8 Å². The quantitative estimate of drug-likeness (QED) is 0.815. The Labute approximate surface area is 109 Å². The molecule has 0 atom stereocenters. The molecule has 6 nitrogen and oxygen atoms in total. The molecule has 0 saturated carbocycles. The number of hydrogen-bond acceptors (Lipinski definition) is 4. The Morgan fingerprint density at radius 3 is 2.68 bits per heavy atom. The fourth-order valence-corrected chi connectivity index (χ4v) is 1.79. The number of carboxylic acid groups (broad SMARTS) is 1. The van der Waals surface area contributed by atoms with Gasteiger partial charge in [0, 0.05) is 5.56 Å². The van der Waals surface area contributed by atoms with Crippen molar-refractivity contribution in [3.8, 4) is 5.75 Å². The van der Waals surface area contributed by atoms with Gasteiger partial charge in [-0.15, -0.1) is 0 Å². The first-order valence-electron chi connectivity index (χ1n) is 5.50. The van der Waals surface area contributed by atoms with Crippen LogP contribution in [0, 0.1) is 6.92 Å². The molecule has 2 rings (SSSR count). The van der Waals surface area contributed by atoms with Crippen molar-refractivity contribution in [1.82, 2.24) is 9.97 Å². The van der Waals surface area contributed by atoms with Gasteiger partial charge in [-0.05, 0) is 30.7 Å². The fourth-order valence-electron chi connectivity index (χ4n) is 1.79. The van der Waals surface area contributed by atoms with E-state index in [4.69, 9.17) is 9.84 Å². The molecular formula is C13H12N2O4. The molecule has 0 fully saturated rings. The molecule has 0 bridgehead atoms. The van der Waals surface area contributed by atoms with Crippen LogP contribution in [0.1, 0.15) is 32.1 Å². The molecular weight excluding hydrogens is 248 g/mol. The summed E-state index contributed by atoms with van der Waals surface area (Å²) in [6.45, 7) is 1.80. The highest BCUT2D eigenvalue weighted by Gasteiger charge is 2.21. The van der Waals surface area contributed by atoms with E-state index in [1.54, 1.807) is 32.2 Å². The van der Waals surface area contributed by atoms with Crippen LogP contribution in [0.15, 0.2) is 24.5 Å². The maximum atomic E-state index is 12.2. The maximum absolute atomic E-state index is 12.2. The molecule has 19 heavy (non-hydrogen) atoms. The summed E-state index contributed by atoms with van der Waals surface area (Å²) in [6.07, 6.45) is 1.19. The van der Waals surface area contributed by atoms with Crippen molar-refractivity contribution in [2.75, 3.05) is 7.11 Å². The highest BCUT2D eigenvalue weighted by atomic mass is 16.5. The van der Waals surface area contributed by atoms with Crippen molar-refractivity contribution in [2.24, 2.45) is 0 Å². The van der Waals surface area contributed by atoms with Gasteiger partial charge in [-0.2, -0.15) is 0 Å². The van der Waals surface area contributed by atoms with E-state index in [-0.39, 0.29) is 11.4 Å². The van der Waals surface area contributed by atoms with Gasteiger partial charge in [0.25, 0.3) is 0 Å². The number of nitrogens with one attached hydrogen (secondary N) is 1. The summed E-state index contributed by atoms with van der Waals surface area (Å²) in [4.78, 5) is 29.3. The van der Waals surface area contributed by atoms with E-state index in [9.17, 15) is 9.59 Å². The minimum Gasteiger partial charge on any atom is -0.496 e. The van der Waals surface area contributed by atoms with Gasteiger partial charge < -0.3 is 14.8 Å². The highest BCUT2D eigenvalue weighted by Crippen LogP contribution is 2.20. The fraction of sp³-hybridized carbons (Fsp3) is 0.154. The largest absolute Gasteiger partial charge is 0.496 e. The molecule has 0 saturated heterocycles. The molecule has 0 amide bonds. The number of aromatic nitrogens is 2. The summed E-state index contributed by atoms with van der Waals surface area (Å²) in [5.41, 5.74) is 0.851. The van der Waals surface area contributed by atoms with Gasteiger partial charge >= 0.3 is 5.97 Å². The molecule has 2 N–H and O–H groups in total. The Bertz CT molecular complexity index is 646. The van der Waals surface area contributed by atoms with Crippen LogP contribution < -0.4 is 4.74 Å².